The zero-order chi connectivity index (χ0) is 39.5. The van der Waals surface area contributed by atoms with E-state index in [1.165, 1.54) is 21.1 Å². The van der Waals surface area contributed by atoms with Crippen molar-refractivity contribution in [1.82, 2.24) is 15.1 Å². The van der Waals surface area contributed by atoms with Gasteiger partial charge in [-0.2, -0.15) is 5.26 Å². The number of rotatable bonds is 3. The van der Waals surface area contributed by atoms with Crippen molar-refractivity contribution in [2.45, 2.75) is 74.6 Å². The molecule has 2 saturated heterocycles. The Morgan fingerprint density at radius 3 is 2.55 bits per heavy atom. The van der Waals surface area contributed by atoms with Crippen LogP contribution in [-0.2, 0) is 43.9 Å². The first-order valence-electron chi connectivity index (χ1n) is 18.5. The Labute approximate surface area is 326 Å². The number of ether oxygens (including phenoxy) is 6. The van der Waals surface area contributed by atoms with E-state index >= 15 is 4.55 Å². The van der Waals surface area contributed by atoms with Crippen molar-refractivity contribution in [1.29, 1.82) is 5.26 Å². The highest BCUT2D eigenvalue weighted by Crippen LogP contribution is 2.63. The third-order valence-corrected chi connectivity index (χ3v) is 14.4. The fourth-order valence-corrected chi connectivity index (χ4v) is 12.5. The second kappa shape index (κ2) is 13.1. The average molecular weight is 787 g/mol. The van der Waals surface area contributed by atoms with Crippen molar-refractivity contribution >= 4 is 23.1 Å². The number of nitrogens with zero attached hydrogens (tertiary/aromatic N) is 3. The van der Waals surface area contributed by atoms with E-state index in [9.17, 15) is 25.1 Å². The predicted molar refractivity (Wildman–Crippen MR) is 199 cm³/mol. The Balaban J connectivity index is 1.36. The first kappa shape index (κ1) is 36.7. The van der Waals surface area contributed by atoms with E-state index in [1.54, 1.807) is 19.1 Å². The van der Waals surface area contributed by atoms with Gasteiger partial charge in [0.25, 0.3) is 0 Å². The number of carbonyl (C=O) groups excluding carboxylic acids is 2. The van der Waals surface area contributed by atoms with Gasteiger partial charge in [-0.25, -0.2) is 4.79 Å². The van der Waals surface area contributed by atoms with Gasteiger partial charge in [-0.3, -0.25) is 19.9 Å². The van der Waals surface area contributed by atoms with Crippen LogP contribution >= 0.6 is 0 Å². The Kier molecular flexibility index (Phi) is 8.56. The zero-order valence-electron chi connectivity index (χ0n) is 31.8. The van der Waals surface area contributed by atoms with E-state index in [2.05, 4.69) is 16.3 Å². The van der Waals surface area contributed by atoms with Crippen LogP contribution in [0, 0.1) is 25.2 Å². The number of nitriles is 1. The summed E-state index contributed by atoms with van der Waals surface area (Å²) < 4.78 is 51.8. The molecule has 4 bridgehead atoms. The summed E-state index contributed by atoms with van der Waals surface area (Å²) in [6.07, 6.45) is 0.882. The number of benzene rings is 3. The summed E-state index contributed by atoms with van der Waals surface area (Å²) in [7, 11) is 4.81. The third kappa shape index (κ3) is 4.91. The Hall–Kier alpha value is -4.92. The molecule has 1 spiro atoms. The smallest absolute Gasteiger partial charge is 0.336 e. The van der Waals surface area contributed by atoms with Crippen molar-refractivity contribution in [2.75, 3.05) is 47.0 Å². The van der Waals surface area contributed by atoms with E-state index in [1.807, 2.05) is 24.9 Å². The number of piperazine rings is 1. The number of nitrogens with one attached hydrogen (secondary N) is 1. The minimum atomic E-state index is -2.06. The van der Waals surface area contributed by atoms with Gasteiger partial charge in [0.15, 0.2) is 45.3 Å². The van der Waals surface area contributed by atoms with Gasteiger partial charge in [-0.15, -0.1) is 0 Å². The fraction of sp³-hybridized carbons (Fsp3) is 0.475. The van der Waals surface area contributed by atoms with Crippen LogP contribution < -0.4 is 29.0 Å². The normalized spacial score (nSPS) is 30.0. The van der Waals surface area contributed by atoms with Crippen LogP contribution in [0.3, 0.4) is 0 Å². The lowest BCUT2D eigenvalue weighted by Gasteiger charge is -2.61. The number of hydrogen-bond acceptors (Lipinski definition) is 15. The molecule has 3 aromatic rings. The monoisotopic (exact) mass is 786 g/mol. The maximum absolute atomic E-state index is 16.0. The van der Waals surface area contributed by atoms with Gasteiger partial charge in [0.2, 0.25) is 6.79 Å². The molecule has 0 amide bonds. The molecule has 294 valence electrons. The maximum atomic E-state index is 16.0. The van der Waals surface area contributed by atoms with Gasteiger partial charge in [0, 0.05) is 36.2 Å². The summed E-state index contributed by atoms with van der Waals surface area (Å²) in [6.45, 7) is 4.79. The molecule has 0 aromatic heterocycles. The number of phenolic OH excluding ortho intramolecular Hbond substituents is 2. The molecule has 7 aliphatic heterocycles. The van der Waals surface area contributed by atoms with Crippen LogP contribution in [0.15, 0.2) is 18.2 Å². The van der Waals surface area contributed by atoms with E-state index in [4.69, 9.17) is 28.4 Å². The zero-order valence-corrected chi connectivity index (χ0v) is 32.6. The number of aromatic hydroxyl groups is 2. The van der Waals surface area contributed by atoms with Crippen LogP contribution in [0.1, 0.15) is 68.8 Å². The molecule has 2 fully saturated rings. The van der Waals surface area contributed by atoms with Gasteiger partial charge in [0.1, 0.15) is 24.2 Å². The van der Waals surface area contributed by atoms with Gasteiger partial charge >= 0.3 is 11.9 Å². The summed E-state index contributed by atoms with van der Waals surface area (Å²) >= 11 is -2.06. The van der Waals surface area contributed by atoms with Crippen LogP contribution in [-0.4, -0.2) is 102 Å². The molecule has 3 N–H and O–H groups in total. The molecular weight excluding hydrogens is 745 g/mol. The Bertz CT molecular complexity index is 2260. The van der Waals surface area contributed by atoms with Gasteiger partial charge < -0.3 is 43.2 Å². The average Bonchev–Trinajstić information content (AvgIpc) is 3.65. The van der Waals surface area contributed by atoms with Crippen molar-refractivity contribution < 1.29 is 52.8 Å². The molecule has 10 rings (SSSR count). The van der Waals surface area contributed by atoms with Crippen molar-refractivity contribution in [3.8, 4) is 46.3 Å². The summed E-state index contributed by atoms with van der Waals surface area (Å²) in [4.78, 5) is 31.8. The molecule has 15 nitrogen and oxygen atoms in total. The topological polar surface area (TPSA) is 195 Å². The lowest BCUT2D eigenvalue weighted by atomic mass is 9.71. The summed E-state index contributed by atoms with van der Waals surface area (Å²) in [5, 5.41) is 36.2. The molecule has 7 aliphatic rings. The predicted octanol–water partition coefficient (Wildman–Crippen LogP) is 3.00. The molecule has 8 atom stereocenters. The van der Waals surface area contributed by atoms with Crippen molar-refractivity contribution in [3.05, 3.63) is 62.7 Å². The molecule has 7 heterocycles. The fourth-order valence-electron chi connectivity index (χ4n) is 10.4. The second-order valence-electron chi connectivity index (χ2n) is 15.3. The van der Waals surface area contributed by atoms with Gasteiger partial charge in [0.05, 0.1) is 44.0 Å². The van der Waals surface area contributed by atoms with Crippen LogP contribution in [0.25, 0.3) is 0 Å². The maximum Gasteiger partial charge on any atom is 0.336 e. The van der Waals surface area contributed by atoms with Crippen molar-refractivity contribution in [2.24, 2.45) is 0 Å². The SMILES string of the molecule is COc1cc2c(cc1O)CCN[C@]21C[S+]([O-])[C@@H]2c3c(OC(C)=O)c(C)c4c(c3[C@H](COC1=O)N1[C@@H]2C2c3c(cc(C)c(OC)c3O)CC([C@@H]1C#N)N2C)OCO4. The highest BCUT2D eigenvalue weighted by Gasteiger charge is 2.65. The Morgan fingerprint density at radius 1 is 1.07 bits per heavy atom. The highest BCUT2D eigenvalue weighted by molar-refractivity contribution is 7.91. The number of fused-ring (bicyclic) bond motifs is 9. The van der Waals surface area contributed by atoms with Crippen LogP contribution in [0.4, 0.5) is 0 Å². The summed E-state index contributed by atoms with van der Waals surface area (Å²) in [5.74, 6) is -0.469. The molecule has 0 aliphatic carbocycles. The quantitative estimate of drug-likeness (QED) is 0.199. The number of hydrogen-bond donors (Lipinski definition) is 3. The first-order valence-corrected chi connectivity index (χ1v) is 19.9. The number of carbonyl (C=O) groups is 2. The number of likely N-dealkylation sites (N-methyl/N-ethyl adjacent to an activating group) is 1. The summed E-state index contributed by atoms with van der Waals surface area (Å²) in [6, 6.07) is 4.10. The minimum absolute atomic E-state index is 0.0492. The number of esters is 2. The van der Waals surface area contributed by atoms with E-state index in [0.717, 1.165) is 11.1 Å². The largest absolute Gasteiger partial charge is 0.616 e. The molecule has 3 aromatic carbocycles. The number of aryl methyl sites for hydroxylation is 1. The molecular formula is C40H42N4O11S. The van der Waals surface area contributed by atoms with Crippen LogP contribution in [0.2, 0.25) is 0 Å². The Morgan fingerprint density at radius 2 is 1.84 bits per heavy atom. The van der Waals surface area contributed by atoms with Crippen molar-refractivity contribution in [3.63, 3.8) is 0 Å². The molecule has 0 radical (unpaired) electrons. The lowest BCUT2D eigenvalue weighted by Crippen LogP contribution is -2.71. The van der Waals surface area contributed by atoms with Gasteiger partial charge in [-0.1, -0.05) is 6.07 Å². The third-order valence-electron chi connectivity index (χ3n) is 12.6. The molecule has 16 heteroatoms. The lowest BCUT2D eigenvalue weighted by molar-refractivity contribution is -0.157. The van der Waals surface area contributed by atoms with E-state index in [-0.39, 0.29) is 48.2 Å². The highest BCUT2D eigenvalue weighted by atomic mass is 32.2. The van der Waals surface area contributed by atoms with Crippen LogP contribution in [0.5, 0.6) is 40.2 Å². The van der Waals surface area contributed by atoms with E-state index < -0.39 is 58.1 Å². The van der Waals surface area contributed by atoms with Gasteiger partial charge in [-0.05, 0) is 79.3 Å². The standard InChI is InChI=1S/C40H42N4O11S/c1-17-9-21-10-23-24(13-41)44-25-14-52-39(48)40(22-12-27(50-5)26(46)11-20(22)7-8-42-40)15-56(49)38(32(44)31(43(23)4)28(21)33(47)34(17)51-6)30-29(25)37-36(53-16-54-37)18(2)35(30)55-19(3)45/h9,11-12,23-25,31-32,38,42,46-47H,7-8,10,14-16H2,1-6H3/t23?,24-,25-,31?,32+,38+,40+,56?/m0/s1. The molecule has 3 unspecified atom stereocenters. The number of phenols is 2. The molecule has 56 heavy (non-hydrogen) atoms. The first-order chi connectivity index (χ1) is 26.9. The molecule has 0 saturated carbocycles. The second-order valence-corrected chi connectivity index (χ2v) is 16.9. The van der Waals surface area contributed by atoms with E-state index in [0.29, 0.717) is 70.0 Å². The minimum Gasteiger partial charge on any atom is -0.616 e. The summed E-state index contributed by atoms with van der Waals surface area (Å²) in [5.41, 5.74) is 2.99. The number of methoxy groups -OCH3 is 2.